The Morgan fingerprint density at radius 2 is 2.25 bits per heavy atom. The molecule has 0 spiro atoms. The predicted molar refractivity (Wildman–Crippen MR) is 88.0 cm³/mol. The standard InChI is InChI=1S/C16H18ClN3O4/c1-24-13-4-2-3-11(7-13)14(8-16(22)23)19-15(21)5-6-20-10-12(17)9-18-20/h2-4,7,9-10,14H,5-6,8H2,1H3,(H,19,21)(H,22,23). The van der Waals surface area contributed by atoms with E-state index in [1.165, 1.54) is 13.3 Å². The first kappa shape index (κ1) is 17.8. The second-order valence-corrected chi connectivity index (χ2v) is 5.60. The number of carboxylic acid groups (broad SMARTS) is 1. The van der Waals surface area contributed by atoms with Crippen LogP contribution >= 0.6 is 11.6 Å². The van der Waals surface area contributed by atoms with Gasteiger partial charge in [0, 0.05) is 19.2 Å². The molecule has 0 aliphatic carbocycles. The van der Waals surface area contributed by atoms with Crippen LogP contribution in [0.4, 0.5) is 0 Å². The first-order valence-corrected chi connectivity index (χ1v) is 7.69. The number of carbonyl (C=O) groups excluding carboxylic acids is 1. The maximum Gasteiger partial charge on any atom is 0.305 e. The average molecular weight is 352 g/mol. The van der Waals surface area contributed by atoms with Crippen molar-refractivity contribution in [2.24, 2.45) is 0 Å². The van der Waals surface area contributed by atoms with Gasteiger partial charge in [0.2, 0.25) is 5.91 Å². The highest BCUT2D eigenvalue weighted by Crippen LogP contribution is 2.22. The number of benzene rings is 1. The molecule has 7 nitrogen and oxygen atoms in total. The lowest BCUT2D eigenvalue weighted by atomic mass is 10.0. The molecule has 0 bridgehead atoms. The number of carboxylic acids is 1. The summed E-state index contributed by atoms with van der Waals surface area (Å²) < 4.78 is 6.69. The van der Waals surface area contributed by atoms with Gasteiger partial charge in [-0.3, -0.25) is 14.3 Å². The van der Waals surface area contributed by atoms with Crippen molar-refractivity contribution in [2.75, 3.05) is 7.11 Å². The van der Waals surface area contributed by atoms with Crippen molar-refractivity contribution in [1.82, 2.24) is 15.1 Å². The summed E-state index contributed by atoms with van der Waals surface area (Å²) in [6.07, 6.45) is 3.05. The smallest absolute Gasteiger partial charge is 0.305 e. The maximum atomic E-state index is 12.1. The first-order valence-electron chi connectivity index (χ1n) is 7.31. The van der Waals surface area contributed by atoms with Crippen LogP contribution in [0.25, 0.3) is 0 Å². The molecule has 0 saturated heterocycles. The van der Waals surface area contributed by atoms with Crippen LogP contribution in [0.5, 0.6) is 5.75 Å². The third kappa shape index (κ3) is 5.27. The SMILES string of the molecule is COc1cccc(C(CC(=O)O)NC(=O)CCn2cc(Cl)cn2)c1. The van der Waals surface area contributed by atoms with Crippen LogP contribution in [-0.4, -0.2) is 33.9 Å². The van der Waals surface area contributed by atoms with Crippen LogP contribution in [0.15, 0.2) is 36.7 Å². The molecule has 1 atom stereocenters. The molecule has 1 amide bonds. The highest BCUT2D eigenvalue weighted by atomic mass is 35.5. The van der Waals surface area contributed by atoms with Gasteiger partial charge < -0.3 is 15.2 Å². The number of nitrogens with one attached hydrogen (secondary N) is 1. The van der Waals surface area contributed by atoms with Crippen molar-refractivity contribution < 1.29 is 19.4 Å². The Labute approximate surface area is 144 Å². The zero-order chi connectivity index (χ0) is 17.5. The summed E-state index contributed by atoms with van der Waals surface area (Å²) in [6, 6.07) is 6.34. The molecule has 2 rings (SSSR count). The summed E-state index contributed by atoms with van der Waals surface area (Å²) in [7, 11) is 1.53. The Balaban J connectivity index is 2.01. The molecule has 2 N–H and O–H groups in total. The van der Waals surface area contributed by atoms with Gasteiger partial charge in [0.05, 0.1) is 30.8 Å². The van der Waals surface area contributed by atoms with Crippen molar-refractivity contribution in [3.63, 3.8) is 0 Å². The fourth-order valence-corrected chi connectivity index (χ4v) is 2.38. The highest BCUT2D eigenvalue weighted by Gasteiger charge is 2.18. The van der Waals surface area contributed by atoms with Crippen LogP contribution in [0.1, 0.15) is 24.4 Å². The quantitative estimate of drug-likeness (QED) is 0.761. The van der Waals surface area contributed by atoms with E-state index < -0.39 is 12.0 Å². The van der Waals surface area contributed by atoms with Crippen LogP contribution in [0.3, 0.4) is 0 Å². The lowest BCUT2D eigenvalue weighted by Gasteiger charge is -2.18. The maximum absolute atomic E-state index is 12.1. The summed E-state index contributed by atoms with van der Waals surface area (Å²) in [5.41, 5.74) is 0.673. The van der Waals surface area contributed by atoms with Gasteiger partial charge in [0.1, 0.15) is 5.75 Å². The first-order chi connectivity index (χ1) is 11.5. The summed E-state index contributed by atoms with van der Waals surface area (Å²) in [6.45, 7) is 0.358. The third-order valence-corrected chi connectivity index (χ3v) is 3.58. The molecule has 8 heteroatoms. The minimum absolute atomic E-state index is 0.165. The Hall–Kier alpha value is -2.54. The van der Waals surface area contributed by atoms with E-state index in [-0.39, 0.29) is 18.7 Å². The van der Waals surface area contributed by atoms with Crippen molar-refractivity contribution in [3.8, 4) is 5.75 Å². The number of ether oxygens (including phenoxy) is 1. The monoisotopic (exact) mass is 351 g/mol. The number of nitrogens with zero attached hydrogens (tertiary/aromatic N) is 2. The number of hydrogen-bond donors (Lipinski definition) is 2. The Bertz CT molecular complexity index is 717. The molecule has 2 aromatic rings. The van der Waals surface area contributed by atoms with Crippen molar-refractivity contribution >= 4 is 23.5 Å². The minimum atomic E-state index is -0.998. The Morgan fingerprint density at radius 3 is 2.88 bits per heavy atom. The zero-order valence-electron chi connectivity index (χ0n) is 13.1. The lowest BCUT2D eigenvalue weighted by molar-refractivity contribution is -0.137. The van der Waals surface area contributed by atoms with Crippen LogP contribution < -0.4 is 10.1 Å². The molecular weight excluding hydrogens is 334 g/mol. The highest BCUT2D eigenvalue weighted by molar-refractivity contribution is 6.30. The largest absolute Gasteiger partial charge is 0.497 e. The molecule has 0 aliphatic rings. The van der Waals surface area contributed by atoms with Crippen LogP contribution in [0, 0.1) is 0 Å². The van der Waals surface area contributed by atoms with E-state index >= 15 is 0 Å². The molecule has 128 valence electrons. The van der Waals surface area contributed by atoms with Gasteiger partial charge in [-0.1, -0.05) is 23.7 Å². The van der Waals surface area contributed by atoms with E-state index in [4.69, 9.17) is 21.4 Å². The van der Waals surface area contributed by atoms with E-state index in [0.717, 1.165) is 0 Å². The number of aryl methyl sites for hydroxylation is 1. The summed E-state index contributed by atoms with van der Waals surface area (Å²) in [4.78, 5) is 23.2. The fourth-order valence-electron chi connectivity index (χ4n) is 2.23. The normalized spacial score (nSPS) is 11.8. The van der Waals surface area contributed by atoms with E-state index in [1.54, 1.807) is 35.1 Å². The van der Waals surface area contributed by atoms with Gasteiger partial charge in [-0.15, -0.1) is 0 Å². The van der Waals surface area contributed by atoms with E-state index in [1.807, 2.05) is 0 Å². The topological polar surface area (TPSA) is 93.5 Å². The molecular formula is C16H18ClN3O4. The predicted octanol–water partition coefficient (Wildman–Crippen LogP) is 2.27. The Morgan fingerprint density at radius 1 is 1.46 bits per heavy atom. The van der Waals surface area contributed by atoms with Gasteiger partial charge in [-0.25, -0.2) is 0 Å². The Kier molecular flexibility index (Phi) is 6.20. The molecule has 24 heavy (non-hydrogen) atoms. The van der Waals surface area contributed by atoms with Gasteiger partial charge in [-0.05, 0) is 17.7 Å². The van der Waals surface area contributed by atoms with Crippen LogP contribution in [-0.2, 0) is 16.1 Å². The van der Waals surface area contributed by atoms with Gasteiger partial charge in [0.15, 0.2) is 0 Å². The number of methoxy groups -OCH3 is 1. The molecule has 1 aromatic heterocycles. The van der Waals surface area contributed by atoms with Crippen LogP contribution in [0.2, 0.25) is 5.02 Å². The molecule has 1 aromatic carbocycles. The second-order valence-electron chi connectivity index (χ2n) is 5.17. The number of hydrogen-bond acceptors (Lipinski definition) is 4. The third-order valence-electron chi connectivity index (χ3n) is 3.38. The number of aromatic nitrogens is 2. The minimum Gasteiger partial charge on any atom is -0.497 e. The summed E-state index contributed by atoms with van der Waals surface area (Å²) in [5.74, 6) is -0.666. The molecule has 0 fully saturated rings. The summed E-state index contributed by atoms with van der Waals surface area (Å²) in [5, 5.41) is 16.3. The molecule has 1 heterocycles. The van der Waals surface area contributed by atoms with Gasteiger partial charge in [-0.2, -0.15) is 5.10 Å². The molecule has 0 aliphatic heterocycles. The number of halogens is 1. The number of aliphatic carboxylic acids is 1. The second kappa shape index (κ2) is 8.35. The van der Waals surface area contributed by atoms with Crippen molar-refractivity contribution in [3.05, 3.63) is 47.2 Å². The molecule has 1 unspecified atom stereocenters. The fraction of sp³-hybridized carbons (Fsp3) is 0.312. The number of carbonyl (C=O) groups is 2. The van der Waals surface area contributed by atoms with E-state index in [0.29, 0.717) is 22.9 Å². The average Bonchev–Trinajstić information content (AvgIpc) is 2.97. The van der Waals surface area contributed by atoms with E-state index in [2.05, 4.69) is 10.4 Å². The molecule has 0 radical (unpaired) electrons. The van der Waals surface area contributed by atoms with E-state index in [9.17, 15) is 9.59 Å². The van der Waals surface area contributed by atoms with Gasteiger partial charge in [0.25, 0.3) is 0 Å². The van der Waals surface area contributed by atoms with Crippen molar-refractivity contribution in [2.45, 2.75) is 25.4 Å². The summed E-state index contributed by atoms with van der Waals surface area (Å²) >= 11 is 5.76. The molecule has 0 saturated carbocycles. The number of amides is 1. The lowest BCUT2D eigenvalue weighted by Crippen LogP contribution is -2.30. The van der Waals surface area contributed by atoms with Gasteiger partial charge >= 0.3 is 5.97 Å². The zero-order valence-corrected chi connectivity index (χ0v) is 13.9. The van der Waals surface area contributed by atoms with Crippen molar-refractivity contribution in [1.29, 1.82) is 0 Å². The number of rotatable bonds is 8.